The molecule has 1 amide bonds. The van der Waals surface area contributed by atoms with E-state index in [1.807, 2.05) is 0 Å². The molecule has 3 rings (SSSR count). The molecule has 0 atom stereocenters. The number of H-pyrrole nitrogens is 1. The minimum atomic E-state index is -0.780. The number of nitrogens with zero attached hydrogens (tertiary/aromatic N) is 3. The summed E-state index contributed by atoms with van der Waals surface area (Å²) in [5, 5.41) is 6.25. The third-order valence-electron chi connectivity index (χ3n) is 3.66. The highest BCUT2D eigenvalue weighted by Gasteiger charge is 2.14. The molecule has 0 fully saturated rings. The fraction of sp³-hybridized carbons (Fsp3) is 0.118. The fourth-order valence-corrected chi connectivity index (χ4v) is 2.55. The van der Waals surface area contributed by atoms with Crippen molar-refractivity contribution >= 4 is 17.5 Å². The van der Waals surface area contributed by atoms with Gasteiger partial charge in [-0.2, -0.15) is 9.78 Å². The molecule has 2 aromatic heterocycles. The monoisotopic (exact) mass is 389 g/mol. The zero-order chi connectivity index (χ0) is 19.4. The molecule has 0 aliphatic rings. The lowest BCUT2D eigenvalue weighted by Crippen LogP contribution is -2.31. The number of pyridine rings is 1. The van der Waals surface area contributed by atoms with Gasteiger partial charge >= 0.3 is 5.69 Å². The van der Waals surface area contributed by atoms with Crippen LogP contribution in [0.15, 0.2) is 52.3 Å². The largest absolute Gasteiger partial charge is 0.352 e. The van der Waals surface area contributed by atoms with E-state index < -0.39 is 17.2 Å². The van der Waals surface area contributed by atoms with Crippen molar-refractivity contribution < 1.29 is 9.18 Å². The van der Waals surface area contributed by atoms with Crippen LogP contribution in [0.5, 0.6) is 0 Å². The van der Waals surface area contributed by atoms with Crippen LogP contribution in [0.25, 0.3) is 5.69 Å². The summed E-state index contributed by atoms with van der Waals surface area (Å²) in [5.74, 6) is -0.889. The predicted molar refractivity (Wildman–Crippen MR) is 95.7 cm³/mol. The Labute approximate surface area is 156 Å². The van der Waals surface area contributed by atoms with Crippen molar-refractivity contribution in [3.05, 3.63) is 85.7 Å². The maximum Gasteiger partial charge on any atom is 0.349 e. The Morgan fingerprint density at radius 3 is 2.78 bits per heavy atom. The van der Waals surface area contributed by atoms with Crippen LogP contribution in [-0.4, -0.2) is 32.2 Å². The van der Waals surface area contributed by atoms with E-state index >= 15 is 0 Å². The number of carbonyl (C=O) groups is 1. The maximum atomic E-state index is 13.6. The van der Waals surface area contributed by atoms with Crippen molar-refractivity contribution in [2.45, 2.75) is 6.42 Å². The molecule has 0 aliphatic heterocycles. The first kappa shape index (κ1) is 18.5. The van der Waals surface area contributed by atoms with Crippen LogP contribution in [0.1, 0.15) is 15.9 Å². The number of nitrogens with one attached hydrogen (secondary N) is 2. The van der Waals surface area contributed by atoms with Crippen molar-refractivity contribution in [3.8, 4) is 5.69 Å². The Balaban J connectivity index is 1.77. The number of carbonyl (C=O) groups excluding carboxylic acids is 1. The molecule has 2 heterocycles. The molecule has 0 bridgehead atoms. The third-order valence-corrected chi connectivity index (χ3v) is 3.97. The molecule has 0 spiro atoms. The molecule has 3 aromatic rings. The van der Waals surface area contributed by atoms with E-state index in [1.54, 1.807) is 18.2 Å². The normalized spacial score (nSPS) is 10.6. The summed E-state index contributed by atoms with van der Waals surface area (Å²) in [6.07, 6.45) is 2.46. The van der Waals surface area contributed by atoms with Gasteiger partial charge in [-0.25, -0.2) is 14.2 Å². The second-order valence-corrected chi connectivity index (χ2v) is 5.84. The second kappa shape index (κ2) is 7.92. The first-order valence-corrected chi connectivity index (χ1v) is 8.19. The Morgan fingerprint density at radius 1 is 1.26 bits per heavy atom. The minimum absolute atomic E-state index is 0.0163. The first-order chi connectivity index (χ1) is 13.0. The number of amides is 1. The lowest BCUT2D eigenvalue weighted by molar-refractivity contribution is 0.0953. The third kappa shape index (κ3) is 4.26. The zero-order valence-corrected chi connectivity index (χ0v) is 14.5. The van der Waals surface area contributed by atoms with Gasteiger partial charge in [0.1, 0.15) is 17.2 Å². The highest BCUT2D eigenvalue weighted by molar-refractivity contribution is 6.32. The first-order valence-electron chi connectivity index (χ1n) is 7.82. The highest BCUT2D eigenvalue weighted by Crippen LogP contribution is 2.16. The molecule has 138 valence electrons. The molecule has 0 unspecified atom stereocenters. The molecular formula is C17H13ClFN5O3. The summed E-state index contributed by atoms with van der Waals surface area (Å²) in [7, 11) is 0. The standard InChI is InChI=1S/C17H13ClFN5O3/c18-15-12(16(26)20-6-5-10-3-1-2-4-13(10)19)7-11(8-21-15)24-17(27)23-14(25)9-22-24/h1-4,7-9H,5-6H2,(H,20,26)(H,23,25,27). The molecule has 1 aromatic carbocycles. The Hall–Kier alpha value is -3.33. The van der Waals surface area contributed by atoms with Crippen LogP contribution in [0.4, 0.5) is 4.39 Å². The number of hydrogen-bond acceptors (Lipinski definition) is 5. The second-order valence-electron chi connectivity index (χ2n) is 5.48. The van der Waals surface area contributed by atoms with Gasteiger partial charge in [-0.1, -0.05) is 29.8 Å². The molecule has 8 nitrogen and oxygen atoms in total. The predicted octanol–water partition coefficient (Wildman–Crippen LogP) is 1.08. The Bertz CT molecular complexity index is 1110. The van der Waals surface area contributed by atoms with Crippen LogP contribution in [-0.2, 0) is 6.42 Å². The lowest BCUT2D eigenvalue weighted by Gasteiger charge is -2.09. The van der Waals surface area contributed by atoms with Gasteiger partial charge in [0.05, 0.1) is 17.4 Å². The number of rotatable bonds is 5. The van der Waals surface area contributed by atoms with Crippen molar-refractivity contribution in [1.82, 2.24) is 25.1 Å². The highest BCUT2D eigenvalue weighted by atomic mass is 35.5. The van der Waals surface area contributed by atoms with Crippen LogP contribution < -0.4 is 16.6 Å². The van der Waals surface area contributed by atoms with Crippen LogP contribution >= 0.6 is 11.6 Å². The SMILES string of the molecule is O=C(NCCc1ccccc1F)c1cc(-n2ncc(=O)[nH]c2=O)cnc1Cl. The summed E-state index contributed by atoms with van der Waals surface area (Å²) in [6, 6.07) is 7.59. The molecule has 0 saturated carbocycles. The summed E-state index contributed by atoms with van der Waals surface area (Å²) in [6.45, 7) is 0.178. The quantitative estimate of drug-likeness (QED) is 0.634. The van der Waals surface area contributed by atoms with Crippen molar-refractivity contribution in [2.75, 3.05) is 6.54 Å². The van der Waals surface area contributed by atoms with Crippen molar-refractivity contribution in [3.63, 3.8) is 0 Å². The van der Waals surface area contributed by atoms with Gasteiger partial charge in [-0.05, 0) is 24.1 Å². The van der Waals surface area contributed by atoms with Gasteiger partial charge < -0.3 is 5.32 Å². The van der Waals surface area contributed by atoms with Gasteiger partial charge in [0.2, 0.25) is 0 Å². The van der Waals surface area contributed by atoms with E-state index in [0.717, 1.165) is 10.9 Å². The summed E-state index contributed by atoms with van der Waals surface area (Å²) < 4.78 is 14.5. The van der Waals surface area contributed by atoms with E-state index in [0.29, 0.717) is 12.0 Å². The van der Waals surface area contributed by atoms with E-state index in [9.17, 15) is 18.8 Å². The average Bonchev–Trinajstić information content (AvgIpc) is 2.64. The fourth-order valence-electron chi connectivity index (χ4n) is 2.36. The Morgan fingerprint density at radius 2 is 2.04 bits per heavy atom. The maximum absolute atomic E-state index is 13.6. The minimum Gasteiger partial charge on any atom is -0.352 e. The zero-order valence-electron chi connectivity index (χ0n) is 13.8. The summed E-state index contributed by atoms with van der Waals surface area (Å²) in [5.41, 5.74) is -0.788. The van der Waals surface area contributed by atoms with E-state index in [2.05, 4.69) is 20.4 Å². The van der Waals surface area contributed by atoms with E-state index in [-0.39, 0.29) is 28.8 Å². The number of aromatic amines is 1. The van der Waals surface area contributed by atoms with E-state index in [4.69, 9.17) is 11.6 Å². The molecule has 2 N–H and O–H groups in total. The smallest absolute Gasteiger partial charge is 0.349 e. The lowest BCUT2D eigenvalue weighted by atomic mass is 10.1. The average molecular weight is 390 g/mol. The van der Waals surface area contributed by atoms with Gasteiger partial charge in [0.25, 0.3) is 11.5 Å². The van der Waals surface area contributed by atoms with Gasteiger partial charge in [-0.3, -0.25) is 14.6 Å². The molecule has 0 aliphatic carbocycles. The van der Waals surface area contributed by atoms with Crippen LogP contribution in [0.3, 0.4) is 0 Å². The summed E-state index contributed by atoms with van der Waals surface area (Å²) >= 11 is 5.97. The molecular weight excluding hydrogens is 377 g/mol. The van der Waals surface area contributed by atoms with Crippen LogP contribution in [0.2, 0.25) is 5.15 Å². The Kier molecular flexibility index (Phi) is 5.41. The molecule has 0 radical (unpaired) electrons. The molecule has 0 saturated heterocycles. The molecule has 10 heteroatoms. The summed E-state index contributed by atoms with van der Waals surface area (Å²) in [4.78, 5) is 41.2. The van der Waals surface area contributed by atoms with Gasteiger partial charge in [-0.15, -0.1) is 0 Å². The van der Waals surface area contributed by atoms with E-state index in [1.165, 1.54) is 18.3 Å². The number of halogens is 2. The van der Waals surface area contributed by atoms with Crippen molar-refractivity contribution in [1.29, 1.82) is 0 Å². The van der Waals surface area contributed by atoms with Gasteiger partial charge in [0, 0.05) is 6.54 Å². The number of hydrogen-bond donors (Lipinski definition) is 2. The van der Waals surface area contributed by atoms with Gasteiger partial charge in [0.15, 0.2) is 0 Å². The molecule has 27 heavy (non-hydrogen) atoms. The van der Waals surface area contributed by atoms with Crippen molar-refractivity contribution in [2.24, 2.45) is 0 Å². The van der Waals surface area contributed by atoms with Crippen LogP contribution in [0, 0.1) is 5.82 Å². The number of benzene rings is 1. The topological polar surface area (TPSA) is 110 Å². The number of aromatic nitrogens is 4.